The van der Waals surface area contributed by atoms with Gasteiger partial charge in [-0.2, -0.15) is 0 Å². The van der Waals surface area contributed by atoms with Crippen LogP contribution >= 0.6 is 11.6 Å². The van der Waals surface area contributed by atoms with Crippen LogP contribution in [0, 0.1) is 12.7 Å². The lowest BCUT2D eigenvalue weighted by molar-refractivity contribution is 0.628. The fraction of sp³-hybridized carbons (Fsp3) is 0.333. The molecule has 1 aliphatic rings. The second-order valence-electron chi connectivity index (χ2n) is 5.18. The van der Waals surface area contributed by atoms with E-state index in [0.717, 1.165) is 35.9 Å². The summed E-state index contributed by atoms with van der Waals surface area (Å²) in [7, 11) is 1.84. The van der Waals surface area contributed by atoms with Crippen molar-refractivity contribution in [2.75, 3.05) is 17.7 Å². The zero-order chi connectivity index (χ0) is 15.0. The van der Waals surface area contributed by atoms with E-state index >= 15 is 0 Å². The Labute approximate surface area is 127 Å². The highest BCUT2D eigenvalue weighted by molar-refractivity contribution is 6.31. The molecule has 2 aromatic rings. The molecular formula is C15H16ClFN4. The van der Waals surface area contributed by atoms with Crippen molar-refractivity contribution in [1.82, 2.24) is 9.97 Å². The van der Waals surface area contributed by atoms with Crippen LogP contribution in [0.15, 0.2) is 18.2 Å². The molecule has 4 nitrogen and oxygen atoms in total. The Morgan fingerprint density at radius 1 is 1.24 bits per heavy atom. The third-order valence-electron chi connectivity index (χ3n) is 3.52. The second kappa shape index (κ2) is 5.48. The zero-order valence-electron chi connectivity index (χ0n) is 11.9. The summed E-state index contributed by atoms with van der Waals surface area (Å²) in [5.74, 6) is 2.40. The Balaban J connectivity index is 1.96. The molecule has 0 radical (unpaired) electrons. The van der Waals surface area contributed by atoms with Gasteiger partial charge in [0.15, 0.2) is 0 Å². The summed E-state index contributed by atoms with van der Waals surface area (Å²) in [6.45, 7) is 1.94. The summed E-state index contributed by atoms with van der Waals surface area (Å²) < 4.78 is 13.2. The number of benzene rings is 1. The van der Waals surface area contributed by atoms with E-state index in [1.807, 2.05) is 14.0 Å². The molecule has 1 heterocycles. The molecule has 1 aromatic carbocycles. The van der Waals surface area contributed by atoms with Crippen LogP contribution in [0.4, 0.5) is 21.7 Å². The van der Waals surface area contributed by atoms with Gasteiger partial charge in [-0.3, -0.25) is 0 Å². The average Bonchev–Trinajstić information content (AvgIpc) is 3.29. The number of anilines is 3. The van der Waals surface area contributed by atoms with E-state index in [-0.39, 0.29) is 5.02 Å². The van der Waals surface area contributed by atoms with Gasteiger partial charge in [-0.25, -0.2) is 14.4 Å². The van der Waals surface area contributed by atoms with Crippen LogP contribution in [0.2, 0.25) is 5.02 Å². The number of hydrogen-bond donors (Lipinski definition) is 2. The molecule has 0 amide bonds. The van der Waals surface area contributed by atoms with Crippen molar-refractivity contribution in [2.45, 2.75) is 25.7 Å². The predicted molar refractivity (Wildman–Crippen MR) is 83.0 cm³/mol. The summed E-state index contributed by atoms with van der Waals surface area (Å²) in [5, 5.41) is 6.37. The van der Waals surface area contributed by atoms with E-state index in [1.165, 1.54) is 6.07 Å². The molecule has 6 heteroatoms. The highest BCUT2D eigenvalue weighted by Gasteiger charge is 2.28. The zero-order valence-corrected chi connectivity index (χ0v) is 12.6. The van der Waals surface area contributed by atoms with Crippen molar-refractivity contribution in [3.05, 3.63) is 40.4 Å². The van der Waals surface area contributed by atoms with E-state index in [2.05, 4.69) is 20.6 Å². The van der Waals surface area contributed by atoms with E-state index in [1.54, 1.807) is 12.1 Å². The van der Waals surface area contributed by atoms with E-state index in [4.69, 9.17) is 11.6 Å². The predicted octanol–water partition coefficient (Wildman–Crippen LogP) is 4.24. The Kier molecular flexibility index (Phi) is 3.68. The van der Waals surface area contributed by atoms with Crippen molar-refractivity contribution < 1.29 is 4.39 Å². The van der Waals surface area contributed by atoms with Crippen molar-refractivity contribution in [2.24, 2.45) is 0 Å². The van der Waals surface area contributed by atoms with Gasteiger partial charge in [0.05, 0.1) is 5.02 Å². The van der Waals surface area contributed by atoms with E-state index in [0.29, 0.717) is 11.6 Å². The Morgan fingerprint density at radius 3 is 2.57 bits per heavy atom. The van der Waals surface area contributed by atoms with Gasteiger partial charge >= 0.3 is 0 Å². The minimum Gasteiger partial charge on any atom is -0.373 e. The highest BCUT2D eigenvalue weighted by atomic mass is 35.5. The molecule has 0 spiro atoms. The van der Waals surface area contributed by atoms with Crippen LogP contribution in [0.3, 0.4) is 0 Å². The number of nitrogens with zero attached hydrogens (tertiary/aromatic N) is 2. The fourth-order valence-electron chi connectivity index (χ4n) is 2.13. The fourth-order valence-corrected chi connectivity index (χ4v) is 2.31. The molecule has 1 aromatic heterocycles. The van der Waals surface area contributed by atoms with Crippen LogP contribution in [0.25, 0.3) is 0 Å². The lowest BCUT2D eigenvalue weighted by Crippen LogP contribution is -2.06. The van der Waals surface area contributed by atoms with Gasteiger partial charge < -0.3 is 10.6 Å². The number of hydrogen-bond acceptors (Lipinski definition) is 4. The van der Waals surface area contributed by atoms with Gasteiger partial charge in [-0.05, 0) is 38.0 Å². The van der Waals surface area contributed by atoms with Crippen molar-refractivity contribution in [3.8, 4) is 0 Å². The maximum Gasteiger partial charge on any atom is 0.141 e. The molecule has 2 N–H and O–H groups in total. The number of aromatic nitrogens is 2. The van der Waals surface area contributed by atoms with Crippen molar-refractivity contribution >= 4 is 28.9 Å². The first-order chi connectivity index (χ1) is 10.1. The minimum atomic E-state index is -0.434. The third kappa shape index (κ3) is 2.93. The third-order valence-corrected chi connectivity index (χ3v) is 3.81. The molecule has 0 bridgehead atoms. The van der Waals surface area contributed by atoms with Gasteiger partial charge in [-0.15, -0.1) is 0 Å². The van der Waals surface area contributed by atoms with Crippen LogP contribution < -0.4 is 10.6 Å². The van der Waals surface area contributed by atoms with Gasteiger partial charge in [0, 0.05) is 24.2 Å². The largest absolute Gasteiger partial charge is 0.373 e. The number of rotatable bonds is 4. The maximum atomic E-state index is 13.2. The second-order valence-corrected chi connectivity index (χ2v) is 5.59. The van der Waals surface area contributed by atoms with E-state index < -0.39 is 5.82 Å². The van der Waals surface area contributed by atoms with Crippen molar-refractivity contribution in [3.63, 3.8) is 0 Å². The summed E-state index contributed by atoms with van der Waals surface area (Å²) in [5.41, 5.74) is 1.62. The molecule has 0 atom stereocenters. The van der Waals surface area contributed by atoms with Gasteiger partial charge in [0.1, 0.15) is 23.3 Å². The molecule has 3 rings (SSSR count). The average molecular weight is 307 g/mol. The molecular weight excluding hydrogens is 291 g/mol. The Hall–Kier alpha value is -1.88. The SMILES string of the molecule is CNc1nc(C2CC2)nc(Nc2ccc(F)c(Cl)c2)c1C. The van der Waals surface area contributed by atoms with Crippen LogP contribution in [0.5, 0.6) is 0 Å². The quantitative estimate of drug-likeness (QED) is 0.887. The molecule has 110 valence electrons. The standard InChI is InChI=1S/C15H16ClFN4/c1-8-13(18-2)20-15(9-3-4-9)21-14(8)19-10-5-6-12(17)11(16)7-10/h5-7,9H,3-4H2,1-2H3,(H2,18,19,20,21). The van der Waals surface area contributed by atoms with Gasteiger partial charge in [0.25, 0.3) is 0 Å². The van der Waals surface area contributed by atoms with Crippen LogP contribution in [-0.4, -0.2) is 17.0 Å². The van der Waals surface area contributed by atoms with E-state index in [9.17, 15) is 4.39 Å². The summed E-state index contributed by atoms with van der Waals surface area (Å²) >= 11 is 5.81. The number of nitrogens with one attached hydrogen (secondary N) is 2. The highest BCUT2D eigenvalue weighted by Crippen LogP contribution is 2.39. The summed E-state index contributed by atoms with van der Waals surface area (Å²) in [4.78, 5) is 9.13. The maximum absolute atomic E-state index is 13.2. The van der Waals surface area contributed by atoms with Crippen LogP contribution in [-0.2, 0) is 0 Å². The topological polar surface area (TPSA) is 49.8 Å². The lowest BCUT2D eigenvalue weighted by Gasteiger charge is -2.14. The molecule has 0 saturated heterocycles. The summed E-state index contributed by atoms with van der Waals surface area (Å²) in [6, 6.07) is 4.52. The van der Waals surface area contributed by atoms with Crippen molar-refractivity contribution in [1.29, 1.82) is 0 Å². The Morgan fingerprint density at radius 2 is 1.95 bits per heavy atom. The minimum absolute atomic E-state index is 0.0861. The summed E-state index contributed by atoms with van der Waals surface area (Å²) in [6.07, 6.45) is 2.27. The van der Waals surface area contributed by atoms with Gasteiger partial charge in [0.2, 0.25) is 0 Å². The molecule has 21 heavy (non-hydrogen) atoms. The molecule has 1 saturated carbocycles. The number of halogens is 2. The smallest absolute Gasteiger partial charge is 0.141 e. The monoisotopic (exact) mass is 306 g/mol. The first kappa shape index (κ1) is 14.1. The molecule has 1 fully saturated rings. The first-order valence-corrected chi connectivity index (χ1v) is 7.24. The van der Waals surface area contributed by atoms with Crippen LogP contribution in [0.1, 0.15) is 30.1 Å². The van der Waals surface area contributed by atoms with Gasteiger partial charge in [-0.1, -0.05) is 11.6 Å². The Bertz CT molecular complexity index is 686. The molecule has 0 aliphatic heterocycles. The molecule has 0 unspecified atom stereocenters. The lowest BCUT2D eigenvalue weighted by atomic mass is 10.2. The first-order valence-electron chi connectivity index (χ1n) is 6.87. The normalized spacial score (nSPS) is 14.1. The molecule has 1 aliphatic carbocycles.